The van der Waals surface area contributed by atoms with E-state index in [0.29, 0.717) is 23.4 Å². The van der Waals surface area contributed by atoms with Crippen LogP contribution in [0.4, 0.5) is 15.8 Å². The fourth-order valence-electron chi connectivity index (χ4n) is 3.60. The van der Waals surface area contributed by atoms with Crippen molar-refractivity contribution in [1.29, 1.82) is 0 Å². The molecular formula is C21H20FN3O3S2. The number of halogens is 1. The molecule has 2 aromatic carbocycles. The number of anilines is 1. The van der Waals surface area contributed by atoms with E-state index in [9.17, 15) is 17.6 Å². The van der Waals surface area contributed by atoms with Crippen molar-refractivity contribution in [3.63, 3.8) is 0 Å². The van der Waals surface area contributed by atoms with Crippen molar-refractivity contribution in [2.45, 2.75) is 32.2 Å². The lowest BCUT2D eigenvalue weighted by atomic mass is 9.93. The topological polar surface area (TPSA) is 62.1 Å². The Kier molecular flexibility index (Phi) is 5.67. The third-order valence-electron chi connectivity index (χ3n) is 5.18. The molecule has 1 amide bonds. The summed E-state index contributed by atoms with van der Waals surface area (Å²) in [6.07, 6.45) is 1.54. The molecule has 156 valence electrons. The number of sulfonamides is 1. The highest BCUT2D eigenvalue weighted by atomic mass is 32.2. The number of amides is 1. The van der Waals surface area contributed by atoms with Gasteiger partial charge >= 0.3 is 0 Å². The molecular weight excluding hydrogens is 425 g/mol. The molecule has 0 aliphatic carbocycles. The standard InChI is InChI=1S/C21H20FN3O3S2/c1-14-13-17(9-10-18(14)23-3)24-19(26)21(2,25(20(24)29)30(4,27)28)12-11-15-5-7-16(22)8-6-15/h5-10,13H,11-12H2,1-2,4H3. The molecule has 1 unspecified atom stereocenters. The van der Waals surface area contributed by atoms with Crippen LogP contribution in [0.2, 0.25) is 0 Å². The number of benzene rings is 2. The quantitative estimate of drug-likeness (QED) is 0.516. The normalized spacial score (nSPS) is 19.3. The minimum absolute atomic E-state index is 0.126. The molecule has 1 aliphatic rings. The fraction of sp³-hybridized carbons (Fsp3) is 0.286. The van der Waals surface area contributed by atoms with E-state index in [4.69, 9.17) is 18.8 Å². The van der Waals surface area contributed by atoms with Gasteiger partial charge in [-0.1, -0.05) is 18.2 Å². The number of aryl methyl sites for hydroxylation is 2. The molecule has 2 aromatic rings. The Balaban J connectivity index is 2.01. The molecule has 0 saturated carbocycles. The summed E-state index contributed by atoms with van der Waals surface area (Å²) in [7, 11) is -3.85. The Morgan fingerprint density at radius 2 is 1.83 bits per heavy atom. The molecule has 0 spiro atoms. The van der Waals surface area contributed by atoms with Crippen molar-refractivity contribution in [2.24, 2.45) is 0 Å². The van der Waals surface area contributed by atoms with Gasteiger partial charge < -0.3 is 0 Å². The first-order chi connectivity index (χ1) is 14.0. The van der Waals surface area contributed by atoms with Gasteiger partial charge in [0.15, 0.2) is 10.8 Å². The average Bonchev–Trinajstić information content (AvgIpc) is 2.87. The van der Waals surface area contributed by atoms with E-state index in [-0.39, 0.29) is 17.4 Å². The van der Waals surface area contributed by atoms with Gasteiger partial charge in [-0.2, -0.15) is 0 Å². The first-order valence-electron chi connectivity index (χ1n) is 9.10. The largest absolute Gasteiger partial charge is 0.271 e. The van der Waals surface area contributed by atoms with Gasteiger partial charge in [0.25, 0.3) is 5.91 Å². The van der Waals surface area contributed by atoms with Crippen LogP contribution in [-0.4, -0.2) is 35.5 Å². The van der Waals surface area contributed by atoms with E-state index in [0.717, 1.165) is 16.1 Å². The van der Waals surface area contributed by atoms with E-state index in [2.05, 4.69) is 4.85 Å². The lowest BCUT2D eigenvalue weighted by molar-refractivity contribution is -0.123. The summed E-state index contributed by atoms with van der Waals surface area (Å²) >= 11 is 5.41. The molecule has 6 nitrogen and oxygen atoms in total. The number of carbonyl (C=O) groups excluding carboxylic acids is 1. The summed E-state index contributed by atoms with van der Waals surface area (Å²) in [4.78, 5) is 18.1. The van der Waals surface area contributed by atoms with Gasteiger partial charge in [-0.3, -0.25) is 9.69 Å². The van der Waals surface area contributed by atoms with E-state index in [1.807, 2.05) is 0 Å². The van der Waals surface area contributed by atoms with Crippen LogP contribution < -0.4 is 4.90 Å². The predicted molar refractivity (Wildman–Crippen MR) is 117 cm³/mol. The molecule has 1 atom stereocenters. The van der Waals surface area contributed by atoms with Crippen LogP contribution in [0.5, 0.6) is 0 Å². The lowest BCUT2D eigenvalue weighted by Crippen LogP contribution is -2.49. The fourth-order valence-corrected chi connectivity index (χ4v) is 5.67. The second-order valence-electron chi connectivity index (χ2n) is 7.43. The van der Waals surface area contributed by atoms with Gasteiger partial charge in [0.05, 0.1) is 12.8 Å². The molecule has 3 rings (SSSR count). The van der Waals surface area contributed by atoms with Gasteiger partial charge in [0.1, 0.15) is 11.4 Å². The molecule has 30 heavy (non-hydrogen) atoms. The summed E-state index contributed by atoms with van der Waals surface area (Å²) in [5, 5.41) is -0.126. The summed E-state index contributed by atoms with van der Waals surface area (Å²) in [5.74, 6) is -0.833. The Hall–Kier alpha value is -2.83. The van der Waals surface area contributed by atoms with Crippen molar-refractivity contribution < 1.29 is 17.6 Å². The van der Waals surface area contributed by atoms with Crippen LogP contribution >= 0.6 is 12.2 Å². The summed E-state index contributed by atoms with van der Waals surface area (Å²) in [6.45, 7) is 10.5. The van der Waals surface area contributed by atoms with E-state index >= 15 is 0 Å². The van der Waals surface area contributed by atoms with Crippen LogP contribution in [-0.2, 0) is 21.2 Å². The molecule has 0 N–H and O–H groups in total. The third kappa shape index (κ3) is 3.80. The predicted octanol–water partition coefficient (Wildman–Crippen LogP) is 3.97. The zero-order chi connectivity index (χ0) is 22.3. The Bertz CT molecular complexity index is 1170. The SMILES string of the molecule is [C-]#[N+]c1ccc(N2C(=O)C(C)(CCc3ccc(F)cc3)N(S(C)(=O)=O)C2=S)cc1C. The van der Waals surface area contributed by atoms with Gasteiger partial charge in [-0.25, -0.2) is 22.0 Å². The maximum atomic E-state index is 13.4. The highest BCUT2D eigenvalue weighted by Gasteiger charge is 2.56. The lowest BCUT2D eigenvalue weighted by Gasteiger charge is -2.30. The van der Waals surface area contributed by atoms with Crippen LogP contribution in [0.25, 0.3) is 4.85 Å². The number of carbonyl (C=O) groups is 1. The van der Waals surface area contributed by atoms with E-state index in [1.54, 1.807) is 44.2 Å². The van der Waals surface area contributed by atoms with Crippen molar-refractivity contribution in [3.05, 3.63) is 70.8 Å². The first kappa shape index (κ1) is 21.9. The van der Waals surface area contributed by atoms with Crippen molar-refractivity contribution in [3.8, 4) is 0 Å². The zero-order valence-electron chi connectivity index (χ0n) is 16.7. The van der Waals surface area contributed by atoms with Gasteiger partial charge in [0, 0.05) is 5.69 Å². The molecule has 9 heteroatoms. The molecule has 1 aliphatic heterocycles. The molecule has 1 saturated heterocycles. The highest BCUT2D eigenvalue weighted by Crippen LogP contribution is 2.38. The summed E-state index contributed by atoms with van der Waals surface area (Å²) in [6, 6.07) is 10.6. The van der Waals surface area contributed by atoms with Crippen molar-refractivity contribution in [1.82, 2.24) is 4.31 Å². The van der Waals surface area contributed by atoms with Crippen molar-refractivity contribution in [2.75, 3.05) is 11.2 Å². The first-order valence-corrected chi connectivity index (χ1v) is 11.4. The van der Waals surface area contributed by atoms with Crippen LogP contribution in [0.3, 0.4) is 0 Å². The summed E-state index contributed by atoms with van der Waals surface area (Å²) in [5.41, 5.74) is 0.861. The number of nitrogens with zero attached hydrogens (tertiary/aromatic N) is 3. The molecule has 0 bridgehead atoms. The van der Waals surface area contributed by atoms with Crippen LogP contribution in [0.15, 0.2) is 42.5 Å². The van der Waals surface area contributed by atoms with Crippen LogP contribution in [0.1, 0.15) is 24.5 Å². The molecule has 1 heterocycles. The van der Waals surface area contributed by atoms with Gasteiger partial charge in [0.2, 0.25) is 10.0 Å². The number of hydrogen-bond acceptors (Lipinski definition) is 4. The number of thiocarbonyl (C=S) groups is 1. The zero-order valence-corrected chi connectivity index (χ0v) is 18.3. The van der Waals surface area contributed by atoms with E-state index < -0.39 is 21.5 Å². The second kappa shape index (κ2) is 7.78. The average molecular weight is 446 g/mol. The van der Waals surface area contributed by atoms with Crippen molar-refractivity contribution >= 4 is 44.6 Å². The highest BCUT2D eigenvalue weighted by molar-refractivity contribution is 7.91. The maximum absolute atomic E-state index is 13.4. The monoisotopic (exact) mass is 445 g/mol. The van der Waals surface area contributed by atoms with Gasteiger partial charge in [-0.05, 0) is 74.3 Å². The van der Waals surface area contributed by atoms with Crippen LogP contribution in [0, 0.1) is 19.3 Å². The van der Waals surface area contributed by atoms with E-state index in [1.165, 1.54) is 17.0 Å². The Labute approximate surface area is 180 Å². The minimum Gasteiger partial charge on any atom is -0.271 e. The van der Waals surface area contributed by atoms with Gasteiger partial charge in [-0.15, -0.1) is 0 Å². The molecule has 0 radical (unpaired) electrons. The Morgan fingerprint density at radius 1 is 1.20 bits per heavy atom. The third-order valence-corrected chi connectivity index (χ3v) is 6.90. The smallest absolute Gasteiger partial charge is 0.260 e. The number of hydrogen-bond donors (Lipinski definition) is 0. The number of rotatable bonds is 5. The Morgan fingerprint density at radius 3 is 2.37 bits per heavy atom. The second-order valence-corrected chi connectivity index (χ2v) is 9.63. The molecule has 0 aromatic heterocycles. The summed E-state index contributed by atoms with van der Waals surface area (Å²) < 4.78 is 39.3. The molecule has 1 fully saturated rings. The maximum Gasteiger partial charge on any atom is 0.260 e. The minimum atomic E-state index is -3.85.